The van der Waals surface area contributed by atoms with Crippen molar-refractivity contribution in [2.45, 2.75) is 18.4 Å². The zero-order valence-corrected chi connectivity index (χ0v) is 10.3. The first-order valence-electron chi connectivity index (χ1n) is 4.66. The highest BCUT2D eigenvalue weighted by atomic mass is 79.9. The van der Waals surface area contributed by atoms with Crippen LogP contribution in [0.1, 0.15) is 23.7 Å². The second kappa shape index (κ2) is 5.75. The summed E-state index contributed by atoms with van der Waals surface area (Å²) in [4.78, 5) is 11.2. The van der Waals surface area contributed by atoms with Crippen molar-refractivity contribution in [3.8, 4) is 5.75 Å². The van der Waals surface area contributed by atoms with Gasteiger partial charge in [-0.3, -0.25) is 0 Å². The van der Waals surface area contributed by atoms with Crippen molar-refractivity contribution in [3.63, 3.8) is 0 Å². The highest BCUT2D eigenvalue weighted by molar-refractivity contribution is 9.09. The highest BCUT2D eigenvalue weighted by Gasteiger charge is 2.08. The number of rotatable bonds is 4. The van der Waals surface area contributed by atoms with Gasteiger partial charge in [-0.1, -0.05) is 13.0 Å². The van der Waals surface area contributed by atoms with Gasteiger partial charge < -0.3 is 9.47 Å². The van der Waals surface area contributed by atoms with Crippen molar-refractivity contribution in [2.75, 3.05) is 7.11 Å². The molecule has 0 aromatic heterocycles. The summed E-state index contributed by atoms with van der Waals surface area (Å²) in [5, 5.41) is -0.0367. The molecule has 82 valence electrons. The Hall–Kier alpha value is -1.03. The van der Waals surface area contributed by atoms with Gasteiger partial charge in [0.05, 0.1) is 12.7 Å². The molecule has 1 aromatic rings. The molecule has 0 fully saturated rings. The predicted octanol–water partition coefficient (Wildman–Crippen LogP) is 2.98. The van der Waals surface area contributed by atoms with E-state index in [1.807, 2.05) is 6.92 Å². The molecule has 0 aliphatic heterocycles. The molecule has 0 heterocycles. The van der Waals surface area contributed by atoms with Gasteiger partial charge in [0.2, 0.25) is 0 Å². The minimum atomic E-state index is -0.358. The Balaban J connectivity index is 2.78. The maximum Gasteiger partial charge on any atom is 0.337 e. The number of alkyl halides is 1. The third-order valence-corrected chi connectivity index (χ3v) is 2.67. The molecular weight excluding hydrogens is 260 g/mol. The van der Waals surface area contributed by atoms with Crippen LogP contribution in [0.5, 0.6) is 5.75 Å². The smallest absolute Gasteiger partial charge is 0.337 e. The second-order valence-electron chi connectivity index (χ2n) is 2.96. The maximum atomic E-state index is 11.2. The Kier molecular flexibility index (Phi) is 4.62. The number of ether oxygens (including phenoxy) is 2. The molecule has 0 amide bonds. The van der Waals surface area contributed by atoms with E-state index < -0.39 is 0 Å². The van der Waals surface area contributed by atoms with Crippen LogP contribution in [0, 0.1) is 0 Å². The van der Waals surface area contributed by atoms with Gasteiger partial charge >= 0.3 is 5.97 Å². The number of hydrogen-bond donors (Lipinski definition) is 0. The van der Waals surface area contributed by atoms with Gasteiger partial charge in [-0.25, -0.2) is 4.79 Å². The van der Waals surface area contributed by atoms with Gasteiger partial charge in [-0.2, -0.15) is 0 Å². The van der Waals surface area contributed by atoms with E-state index >= 15 is 0 Å². The average molecular weight is 273 g/mol. The van der Waals surface area contributed by atoms with E-state index in [4.69, 9.17) is 4.74 Å². The van der Waals surface area contributed by atoms with Gasteiger partial charge in [0.15, 0.2) is 5.01 Å². The molecule has 4 heteroatoms. The minimum Gasteiger partial charge on any atom is -0.479 e. The van der Waals surface area contributed by atoms with E-state index in [0.29, 0.717) is 11.3 Å². The molecule has 0 radical (unpaired) electrons. The van der Waals surface area contributed by atoms with Crippen molar-refractivity contribution in [1.82, 2.24) is 0 Å². The summed E-state index contributed by atoms with van der Waals surface area (Å²) < 4.78 is 10.1. The lowest BCUT2D eigenvalue weighted by Crippen LogP contribution is -2.07. The van der Waals surface area contributed by atoms with Crippen LogP contribution in [0.3, 0.4) is 0 Å². The summed E-state index contributed by atoms with van der Waals surface area (Å²) in [6.45, 7) is 2.00. The molecule has 1 aromatic carbocycles. The van der Waals surface area contributed by atoms with Gasteiger partial charge in [0.25, 0.3) is 0 Å². The van der Waals surface area contributed by atoms with E-state index in [1.165, 1.54) is 7.11 Å². The second-order valence-corrected chi connectivity index (χ2v) is 3.98. The Morgan fingerprint density at radius 3 is 2.87 bits per heavy atom. The molecule has 15 heavy (non-hydrogen) atoms. The van der Waals surface area contributed by atoms with Crippen LogP contribution in [0.15, 0.2) is 24.3 Å². The first-order chi connectivity index (χ1) is 7.17. The molecule has 1 unspecified atom stereocenters. The van der Waals surface area contributed by atoms with Crippen molar-refractivity contribution in [3.05, 3.63) is 29.8 Å². The summed E-state index contributed by atoms with van der Waals surface area (Å²) >= 11 is 3.35. The van der Waals surface area contributed by atoms with E-state index in [9.17, 15) is 4.79 Å². The van der Waals surface area contributed by atoms with Crippen LogP contribution < -0.4 is 4.74 Å². The molecule has 0 spiro atoms. The van der Waals surface area contributed by atoms with Crippen molar-refractivity contribution in [2.24, 2.45) is 0 Å². The zero-order chi connectivity index (χ0) is 11.3. The van der Waals surface area contributed by atoms with Crippen LogP contribution in [0.25, 0.3) is 0 Å². The maximum absolute atomic E-state index is 11.2. The van der Waals surface area contributed by atoms with E-state index in [2.05, 4.69) is 20.7 Å². The first kappa shape index (κ1) is 12.0. The molecule has 3 nitrogen and oxygen atoms in total. The van der Waals surface area contributed by atoms with Crippen LogP contribution >= 0.6 is 15.9 Å². The molecule has 0 aliphatic carbocycles. The molecule has 0 N–H and O–H groups in total. The molecule has 1 rings (SSSR count). The Labute approximate surface area is 97.5 Å². The summed E-state index contributed by atoms with van der Waals surface area (Å²) in [5.74, 6) is 0.296. The lowest BCUT2D eigenvalue weighted by atomic mass is 10.2. The lowest BCUT2D eigenvalue weighted by Gasteiger charge is -2.11. The van der Waals surface area contributed by atoms with Crippen molar-refractivity contribution in [1.29, 1.82) is 0 Å². The van der Waals surface area contributed by atoms with Crippen LogP contribution in [-0.4, -0.2) is 18.1 Å². The van der Waals surface area contributed by atoms with Crippen LogP contribution in [0.4, 0.5) is 0 Å². The average Bonchev–Trinajstić information content (AvgIpc) is 2.28. The third-order valence-electron chi connectivity index (χ3n) is 1.84. The Morgan fingerprint density at radius 1 is 1.53 bits per heavy atom. The van der Waals surface area contributed by atoms with Gasteiger partial charge in [0.1, 0.15) is 5.75 Å². The van der Waals surface area contributed by atoms with Crippen LogP contribution in [-0.2, 0) is 4.74 Å². The van der Waals surface area contributed by atoms with Crippen LogP contribution in [0.2, 0.25) is 0 Å². The lowest BCUT2D eigenvalue weighted by molar-refractivity contribution is 0.0600. The predicted molar refractivity (Wildman–Crippen MR) is 61.4 cm³/mol. The molecule has 0 saturated heterocycles. The summed E-state index contributed by atoms with van der Waals surface area (Å²) in [6, 6.07) is 6.91. The summed E-state index contributed by atoms with van der Waals surface area (Å²) in [5.41, 5.74) is 0.491. The fourth-order valence-electron chi connectivity index (χ4n) is 1.05. The highest BCUT2D eigenvalue weighted by Crippen LogP contribution is 2.18. The molecule has 0 bridgehead atoms. The van der Waals surface area contributed by atoms with E-state index in [-0.39, 0.29) is 11.0 Å². The number of halogens is 1. The Bertz CT molecular complexity index is 338. The number of esters is 1. The number of carbonyl (C=O) groups excluding carboxylic acids is 1. The molecule has 0 saturated carbocycles. The zero-order valence-electron chi connectivity index (χ0n) is 8.70. The van der Waals surface area contributed by atoms with Gasteiger partial charge in [0, 0.05) is 0 Å². The molecular formula is C11H13BrO3. The minimum absolute atomic E-state index is 0.0367. The largest absolute Gasteiger partial charge is 0.479 e. The van der Waals surface area contributed by atoms with Gasteiger partial charge in [-0.05, 0) is 40.5 Å². The number of benzene rings is 1. The standard InChI is InChI=1S/C11H13BrO3/c1-3-10(12)15-9-6-4-5-8(7-9)11(13)14-2/h4-7,10H,3H2,1-2H3. The summed E-state index contributed by atoms with van der Waals surface area (Å²) in [6.07, 6.45) is 0.850. The monoisotopic (exact) mass is 272 g/mol. The summed E-state index contributed by atoms with van der Waals surface area (Å²) in [7, 11) is 1.36. The SMILES string of the molecule is CCC(Br)Oc1cccc(C(=O)OC)c1. The van der Waals surface area contributed by atoms with E-state index in [1.54, 1.807) is 24.3 Å². The topological polar surface area (TPSA) is 35.5 Å². The van der Waals surface area contributed by atoms with Gasteiger partial charge in [-0.15, -0.1) is 0 Å². The number of methoxy groups -OCH3 is 1. The first-order valence-corrected chi connectivity index (χ1v) is 5.58. The normalized spacial score (nSPS) is 11.9. The van der Waals surface area contributed by atoms with Crippen molar-refractivity contribution < 1.29 is 14.3 Å². The quantitative estimate of drug-likeness (QED) is 0.625. The fraction of sp³-hybridized carbons (Fsp3) is 0.364. The van der Waals surface area contributed by atoms with E-state index in [0.717, 1.165) is 6.42 Å². The Morgan fingerprint density at radius 2 is 2.27 bits per heavy atom. The van der Waals surface area contributed by atoms with Crippen molar-refractivity contribution >= 4 is 21.9 Å². The fourth-order valence-corrected chi connectivity index (χ4v) is 1.26. The molecule has 1 atom stereocenters. The molecule has 0 aliphatic rings. The number of hydrogen-bond acceptors (Lipinski definition) is 3. The number of carbonyl (C=O) groups is 1. The third kappa shape index (κ3) is 3.55.